The molecule has 1 heterocycles. The van der Waals surface area contributed by atoms with Crippen LogP contribution in [0.15, 0.2) is 41.0 Å². The summed E-state index contributed by atoms with van der Waals surface area (Å²) in [5, 5.41) is 19.4. The molecular formula is C17H14BrN3O2S. The second kappa shape index (κ2) is 6.22. The highest BCUT2D eigenvalue weighted by Crippen LogP contribution is 2.45. The fourth-order valence-electron chi connectivity index (χ4n) is 2.95. The molecule has 1 fully saturated rings. The molecular weight excluding hydrogens is 390 g/mol. The summed E-state index contributed by atoms with van der Waals surface area (Å²) in [6.45, 7) is 0. The number of nitrogens with zero attached hydrogens (tertiary/aromatic N) is 3. The number of hydrogen-bond acceptors (Lipinski definition) is 4. The zero-order valence-corrected chi connectivity index (χ0v) is 15.0. The molecule has 2 aromatic carbocycles. The van der Waals surface area contributed by atoms with Crippen LogP contribution in [0.25, 0.3) is 22.0 Å². The number of fused-ring (bicyclic) bond motifs is 1. The summed E-state index contributed by atoms with van der Waals surface area (Å²) < 4.78 is 2.20. The molecule has 0 aliphatic heterocycles. The van der Waals surface area contributed by atoms with Crippen LogP contribution in [0.2, 0.25) is 0 Å². The third-order valence-corrected chi connectivity index (χ3v) is 5.55. The molecule has 0 atom stereocenters. The van der Waals surface area contributed by atoms with Crippen LogP contribution < -0.4 is 0 Å². The number of halogens is 1. The molecule has 1 saturated carbocycles. The van der Waals surface area contributed by atoms with E-state index in [0.717, 1.165) is 28.6 Å². The number of aliphatic carboxylic acids is 1. The van der Waals surface area contributed by atoms with E-state index in [4.69, 9.17) is 5.11 Å². The van der Waals surface area contributed by atoms with Crippen LogP contribution in [0, 0.1) is 0 Å². The van der Waals surface area contributed by atoms with Gasteiger partial charge in [-0.1, -0.05) is 41.6 Å². The summed E-state index contributed by atoms with van der Waals surface area (Å²) in [6.07, 6.45) is 2.50. The average molecular weight is 404 g/mol. The number of carbonyl (C=O) groups is 1. The highest BCUT2D eigenvalue weighted by atomic mass is 79.9. The summed E-state index contributed by atoms with van der Waals surface area (Å²) in [4.78, 5) is 10.9. The van der Waals surface area contributed by atoms with E-state index in [1.807, 2.05) is 6.07 Å². The number of aromatic nitrogens is 3. The van der Waals surface area contributed by atoms with Crippen molar-refractivity contribution in [3.8, 4) is 11.3 Å². The maximum Gasteiger partial charge on any atom is 0.315 e. The standard InChI is InChI=1S/C17H14BrN3O2S/c18-17-16(21(20-19-17)24-9-15(22)23)14-8-7-11(10-5-6-10)12-3-1-2-4-13(12)14/h1-4,7-8,10H,5-6,9H2,(H,22,23). The van der Waals surface area contributed by atoms with Crippen LogP contribution in [-0.4, -0.2) is 31.2 Å². The second-order valence-corrected chi connectivity index (χ2v) is 7.44. The first-order valence-electron chi connectivity index (χ1n) is 7.63. The maximum absolute atomic E-state index is 10.9. The first-order valence-corrected chi connectivity index (χ1v) is 9.37. The van der Waals surface area contributed by atoms with Gasteiger partial charge in [0.2, 0.25) is 0 Å². The van der Waals surface area contributed by atoms with Gasteiger partial charge in [0, 0.05) is 5.56 Å². The Kier molecular flexibility index (Phi) is 4.05. The smallest absolute Gasteiger partial charge is 0.315 e. The fourth-order valence-corrected chi connectivity index (χ4v) is 4.16. The van der Waals surface area contributed by atoms with E-state index < -0.39 is 5.97 Å². The van der Waals surface area contributed by atoms with Crippen LogP contribution >= 0.6 is 27.9 Å². The van der Waals surface area contributed by atoms with Crippen LogP contribution in [0.4, 0.5) is 0 Å². The summed E-state index contributed by atoms with van der Waals surface area (Å²) in [7, 11) is 0. The number of rotatable bonds is 5. The predicted molar refractivity (Wildman–Crippen MR) is 98.1 cm³/mol. The van der Waals surface area contributed by atoms with Crippen LogP contribution in [0.1, 0.15) is 24.3 Å². The van der Waals surface area contributed by atoms with Gasteiger partial charge < -0.3 is 5.11 Å². The zero-order valence-electron chi connectivity index (χ0n) is 12.6. The van der Waals surface area contributed by atoms with Crippen molar-refractivity contribution in [1.29, 1.82) is 0 Å². The van der Waals surface area contributed by atoms with Crippen molar-refractivity contribution in [2.75, 3.05) is 5.75 Å². The Morgan fingerprint density at radius 3 is 2.71 bits per heavy atom. The second-order valence-electron chi connectivity index (χ2n) is 5.79. The molecule has 7 heteroatoms. The molecule has 1 aliphatic rings. The quantitative estimate of drug-likeness (QED) is 0.686. The van der Waals surface area contributed by atoms with Crippen LogP contribution in [0.3, 0.4) is 0 Å². The Morgan fingerprint density at radius 1 is 1.25 bits per heavy atom. The van der Waals surface area contributed by atoms with Crippen molar-refractivity contribution in [2.45, 2.75) is 18.8 Å². The first kappa shape index (κ1) is 15.7. The van der Waals surface area contributed by atoms with Crippen LogP contribution in [0.5, 0.6) is 0 Å². The molecule has 24 heavy (non-hydrogen) atoms. The molecule has 1 N–H and O–H groups in total. The van der Waals surface area contributed by atoms with Crippen molar-refractivity contribution >= 4 is 44.6 Å². The zero-order chi connectivity index (χ0) is 16.7. The summed E-state index contributed by atoms with van der Waals surface area (Å²) >= 11 is 4.57. The van der Waals surface area contributed by atoms with Gasteiger partial charge in [-0.3, -0.25) is 4.79 Å². The summed E-state index contributed by atoms with van der Waals surface area (Å²) in [5.41, 5.74) is 3.19. The van der Waals surface area contributed by atoms with Gasteiger partial charge in [0.15, 0.2) is 4.60 Å². The van der Waals surface area contributed by atoms with Gasteiger partial charge in [0.25, 0.3) is 0 Å². The molecule has 0 unspecified atom stereocenters. The maximum atomic E-state index is 10.9. The number of carboxylic acid groups (broad SMARTS) is 1. The van der Waals surface area contributed by atoms with E-state index in [2.05, 4.69) is 56.6 Å². The lowest BCUT2D eigenvalue weighted by molar-refractivity contribution is -0.133. The highest BCUT2D eigenvalue weighted by molar-refractivity contribution is 9.10. The molecule has 0 saturated heterocycles. The lowest BCUT2D eigenvalue weighted by Gasteiger charge is -2.12. The fraction of sp³-hybridized carbons (Fsp3) is 0.235. The van der Waals surface area contributed by atoms with Gasteiger partial charge in [-0.25, -0.2) is 0 Å². The first-order chi connectivity index (χ1) is 11.6. The van der Waals surface area contributed by atoms with Crippen molar-refractivity contribution < 1.29 is 9.90 Å². The van der Waals surface area contributed by atoms with Gasteiger partial charge in [0.05, 0.1) is 0 Å². The van der Waals surface area contributed by atoms with Crippen molar-refractivity contribution in [3.63, 3.8) is 0 Å². The summed E-state index contributed by atoms with van der Waals surface area (Å²) in [6, 6.07) is 12.6. The normalized spacial score (nSPS) is 14.2. The predicted octanol–water partition coefficient (Wildman–Crippen LogP) is 4.32. The molecule has 4 rings (SSSR count). The van der Waals surface area contributed by atoms with E-state index in [9.17, 15) is 4.79 Å². The monoisotopic (exact) mass is 403 g/mol. The van der Waals surface area contributed by atoms with E-state index in [1.165, 1.54) is 23.8 Å². The Morgan fingerprint density at radius 2 is 2.00 bits per heavy atom. The summed E-state index contributed by atoms with van der Waals surface area (Å²) in [5.74, 6) is -0.288. The minimum absolute atomic E-state index is 0.0686. The van der Waals surface area contributed by atoms with Crippen molar-refractivity contribution in [1.82, 2.24) is 14.4 Å². The SMILES string of the molecule is O=C(O)CSn1nnc(Br)c1-c1ccc(C2CC2)c2ccccc12. The third kappa shape index (κ3) is 2.82. The lowest BCUT2D eigenvalue weighted by atomic mass is 9.96. The molecule has 1 aromatic heterocycles. The highest BCUT2D eigenvalue weighted by Gasteiger charge is 2.26. The Balaban J connectivity index is 1.87. The lowest BCUT2D eigenvalue weighted by Crippen LogP contribution is -2.03. The third-order valence-electron chi connectivity index (χ3n) is 4.14. The molecule has 0 spiro atoms. The van der Waals surface area contributed by atoms with Gasteiger partial charge in [0.1, 0.15) is 11.4 Å². The Hall–Kier alpha value is -1.86. The number of carboxylic acids is 1. The minimum atomic E-state index is -0.883. The molecule has 0 amide bonds. The molecule has 3 aromatic rings. The molecule has 0 radical (unpaired) electrons. The largest absolute Gasteiger partial charge is 0.481 e. The van der Waals surface area contributed by atoms with Crippen molar-refractivity contribution in [2.24, 2.45) is 0 Å². The topological polar surface area (TPSA) is 68.0 Å². The Bertz CT molecular complexity index is 937. The van der Waals surface area contributed by atoms with Gasteiger partial charge in [-0.15, -0.1) is 5.10 Å². The van der Waals surface area contributed by atoms with Crippen molar-refractivity contribution in [3.05, 3.63) is 46.6 Å². The van der Waals surface area contributed by atoms with E-state index in [1.54, 1.807) is 4.09 Å². The molecule has 5 nitrogen and oxygen atoms in total. The molecule has 122 valence electrons. The molecule has 0 bridgehead atoms. The van der Waals surface area contributed by atoms with Crippen LogP contribution in [-0.2, 0) is 4.79 Å². The van der Waals surface area contributed by atoms with E-state index in [-0.39, 0.29) is 5.75 Å². The van der Waals surface area contributed by atoms with Gasteiger partial charge in [-0.2, -0.15) is 4.09 Å². The number of hydrogen-bond donors (Lipinski definition) is 1. The van der Waals surface area contributed by atoms with Gasteiger partial charge in [-0.05, 0) is 63.0 Å². The van der Waals surface area contributed by atoms with E-state index >= 15 is 0 Å². The average Bonchev–Trinajstić information content (AvgIpc) is 3.35. The Labute approximate surface area is 151 Å². The van der Waals surface area contributed by atoms with E-state index in [0.29, 0.717) is 10.5 Å². The van der Waals surface area contributed by atoms with Gasteiger partial charge >= 0.3 is 5.97 Å². The minimum Gasteiger partial charge on any atom is -0.481 e. The number of benzene rings is 2. The molecule has 1 aliphatic carbocycles.